The average Bonchev–Trinajstić information content (AvgIpc) is 2.14. The molecule has 3 nitrogen and oxygen atoms in total. The topological polar surface area (TPSA) is 53.3 Å². The minimum absolute atomic E-state index is 0. The van der Waals surface area contributed by atoms with Gasteiger partial charge in [-0.1, -0.05) is 0 Å². The first kappa shape index (κ1) is 10.4. The normalized spacial score (nSPS) is 12.2. The van der Waals surface area contributed by atoms with Crippen molar-refractivity contribution in [2.45, 2.75) is 12.0 Å². The molecule has 0 N–H and O–H groups in total. The van der Waals surface area contributed by atoms with Crippen LogP contribution >= 0.6 is 0 Å². The van der Waals surface area contributed by atoms with Gasteiger partial charge in [0.05, 0.1) is 0 Å². The summed E-state index contributed by atoms with van der Waals surface area (Å²) < 4.78 is 25.0. The second kappa shape index (κ2) is 4.31. The minimum atomic E-state index is -2.22. The van der Waals surface area contributed by atoms with E-state index < -0.39 is 11.1 Å². The summed E-state index contributed by atoms with van der Waals surface area (Å²) in [6.45, 7) is 1.69. The quantitative estimate of drug-likeness (QED) is 0.354. The molecule has 1 aromatic rings. The first-order valence-corrected chi connectivity index (χ1v) is 3.43. The standard InChI is InChI=1S/C5H6O3S.Na/c1-4-2-3-5(8-4)9(6)7;/h2-3H,1H3,(H,6,7);/q;+1/p-1. The second-order valence-corrected chi connectivity index (χ2v) is 2.47. The molecule has 0 bridgehead atoms. The molecular formula is C5H5NaO3S. The Hall–Kier alpha value is 0.390. The van der Waals surface area contributed by atoms with Crippen molar-refractivity contribution in [3.63, 3.8) is 0 Å². The van der Waals surface area contributed by atoms with Gasteiger partial charge in [0.1, 0.15) is 5.76 Å². The average molecular weight is 168 g/mol. The molecule has 5 heteroatoms. The molecule has 1 unspecified atom stereocenters. The van der Waals surface area contributed by atoms with Crippen LogP contribution in [0.3, 0.4) is 0 Å². The zero-order valence-electron chi connectivity index (χ0n) is 5.79. The third-order valence-electron chi connectivity index (χ3n) is 0.880. The molecule has 1 rings (SSSR count). The van der Waals surface area contributed by atoms with Crippen molar-refractivity contribution in [3.05, 3.63) is 17.9 Å². The van der Waals surface area contributed by atoms with Crippen molar-refractivity contribution in [1.82, 2.24) is 0 Å². The van der Waals surface area contributed by atoms with Crippen LogP contribution in [0.2, 0.25) is 0 Å². The Morgan fingerprint density at radius 2 is 2.20 bits per heavy atom. The van der Waals surface area contributed by atoms with Crippen LogP contribution in [-0.2, 0) is 11.1 Å². The predicted octanol–water partition coefficient (Wildman–Crippen LogP) is -2.17. The molecule has 0 amide bonds. The Balaban J connectivity index is 0.000000810. The van der Waals surface area contributed by atoms with Gasteiger partial charge in [-0.15, -0.1) is 0 Å². The molecule has 10 heavy (non-hydrogen) atoms. The number of rotatable bonds is 1. The summed E-state index contributed by atoms with van der Waals surface area (Å²) >= 11 is -2.22. The van der Waals surface area contributed by atoms with Gasteiger partial charge >= 0.3 is 29.6 Å². The van der Waals surface area contributed by atoms with Crippen LogP contribution in [-0.4, -0.2) is 8.76 Å². The van der Waals surface area contributed by atoms with Gasteiger partial charge in [0.25, 0.3) is 0 Å². The summed E-state index contributed by atoms with van der Waals surface area (Å²) in [5, 5.41) is -0.00694. The smallest absolute Gasteiger partial charge is 0.766 e. The number of hydrogen-bond donors (Lipinski definition) is 0. The van der Waals surface area contributed by atoms with Crippen LogP contribution in [0.4, 0.5) is 0 Å². The van der Waals surface area contributed by atoms with Gasteiger partial charge in [-0.2, -0.15) is 0 Å². The first-order chi connectivity index (χ1) is 4.20. The molecule has 0 saturated carbocycles. The minimum Gasteiger partial charge on any atom is -0.766 e. The zero-order chi connectivity index (χ0) is 6.85. The van der Waals surface area contributed by atoms with Crippen LogP contribution in [0.25, 0.3) is 0 Å². The summed E-state index contributed by atoms with van der Waals surface area (Å²) in [7, 11) is 0. The molecule has 1 atom stereocenters. The van der Waals surface area contributed by atoms with Crippen molar-refractivity contribution in [3.8, 4) is 0 Å². The molecule has 0 saturated heterocycles. The Morgan fingerprint density at radius 1 is 1.60 bits per heavy atom. The van der Waals surface area contributed by atoms with Gasteiger partial charge in [-0.3, -0.25) is 4.21 Å². The van der Waals surface area contributed by atoms with Gasteiger partial charge in [0, 0.05) is 11.1 Å². The van der Waals surface area contributed by atoms with Crippen molar-refractivity contribution >= 4 is 11.1 Å². The molecule has 0 fully saturated rings. The fourth-order valence-corrected chi connectivity index (χ4v) is 0.880. The molecule has 0 aliphatic carbocycles. The molecule has 1 heterocycles. The Labute approximate surface area is 83.4 Å². The van der Waals surface area contributed by atoms with E-state index in [0.717, 1.165) is 0 Å². The molecule has 50 valence electrons. The molecule has 1 aromatic heterocycles. The van der Waals surface area contributed by atoms with E-state index in [2.05, 4.69) is 0 Å². The Bertz CT molecular complexity index is 233. The van der Waals surface area contributed by atoms with E-state index in [1.54, 1.807) is 13.0 Å². The van der Waals surface area contributed by atoms with E-state index in [4.69, 9.17) is 4.42 Å². The Morgan fingerprint density at radius 3 is 2.40 bits per heavy atom. The maximum Gasteiger partial charge on any atom is 1.00 e. The maximum absolute atomic E-state index is 10.1. The van der Waals surface area contributed by atoms with Crippen LogP contribution in [0, 0.1) is 6.92 Å². The monoisotopic (exact) mass is 168 g/mol. The van der Waals surface area contributed by atoms with E-state index >= 15 is 0 Å². The van der Waals surface area contributed by atoms with Crippen molar-refractivity contribution in [2.75, 3.05) is 0 Å². The third kappa shape index (κ3) is 2.56. The van der Waals surface area contributed by atoms with Gasteiger partial charge in [0.15, 0.2) is 5.09 Å². The summed E-state index contributed by atoms with van der Waals surface area (Å²) in [5.74, 6) is 0.606. The van der Waals surface area contributed by atoms with Crippen LogP contribution < -0.4 is 29.6 Å². The van der Waals surface area contributed by atoms with Gasteiger partial charge in [-0.25, -0.2) is 0 Å². The maximum atomic E-state index is 10.1. The summed E-state index contributed by atoms with van der Waals surface area (Å²) in [6.07, 6.45) is 0. The molecule has 0 spiro atoms. The van der Waals surface area contributed by atoms with Crippen LogP contribution in [0.1, 0.15) is 5.76 Å². The van der Waals surface area contributed by atoms with Crippen molar-refractivity contribution < 1.29 is 42.7 Å². The third-order valence-corrected chi connectivity index (χ3v) is 1.43. The predicted molar refractivity (Wildman–Crippen MR) is 30.6 cm³/mol. The summed E-state index contributed by atoms with van der Waals surface area (Å²) in [5.41, 5.74) is 0. The number of aryl methyl sites for hydroxylation is 1. The SMILES string of the molecule is Cc1ccc(S(=O)[O-])o1.[Na+]. The number of furan rings is 1. The summed E-state index contributed by atoms with van der Waals surface area (Å²) in [4.78, 5) is 0. The van der Waals surface area contributed by atoms with Gasteiger partial charge < -0.3 is 8.97 Å². The fourth-order valence-electron chi connectivity index (χ4n) is 0.502. The second-order valence-electron chi connectivity index (χ2n) is 1.60. The first-order valence-electron chi connectivity index (χ1n) is 2.36. The van der Waals surface area contributed by atoms with E-state index in [1.165, 1.54) is 6.07 Å². The van der Waals surface area contributed by atoms with Crippen molar-refractivity contribution in [1.29, 1.82) is 0 Å². The van der Waals surface area contributed by atoms with Gasteiger partial charge in [-0.05, 0) is 19.1 Å². The van der Waals surface area contributed by atoms with E-state index in [1.807, 2.05) is 0 Å². The molecule has 0 aliphatic rings. The van der Waals surface area contributed by atoms with E-state index in [9.17, 15) is 8.76 Å². The van der Waals surface area contributed by atoms with Crippen molar-refractivity contribution in [2.24, 2.45) is 0 Å². The zero-order valence-corrected chi connectivity index (χ0v) is 8.60. The van der Waals surface area contributed by atoms with Crippen LogP contribution in [0.15, 0.2) is 21.6 Å². The molecule has 0 aliphatic heterocycles. The largest absolute Gasteiger partial charge is 1.00 e. The van der Waals surface area contributed by atoms with Gasteiger partial charge in [0.2, 0.25) is 0 Å². The summed E-state index contributed by atoms with van der Waals surface area (Å²) in [6, 6.07) is 3.02. The van der Waals surface area contributed by atoms with Crippen LogP contribution in [0.5, 0.6) is 0 Å². The molecule has 0 radical (unpaired) electrons. The Kier molecular flexibility index (Phi) is 4.47. The molecular weight excluding hydrogens is 163 g/mol. The molecule has 0 aromatic carbocycles. The van der Waals surface area contributed by atoms with E-state index in [-0.39, 0.29) is 34.6 Å². The number of hydrogen-bond acceptors (Lipinski definition) is 3. The van der Waals surface area contributed by atoms with E-state index in [0.29, 0.717) is 5.76 Å². The fraction of sp³-hybridized carbons (Fsp3) is 0.200.